The summed E-state index contributed by atoms with van der Waals surface area (Å²) in [6, 6.07) is 1.80. The number of amides is 1. The Hall–Kier alpha value is -2.84. The maximum atomic E-state index is 11.7. The van der Waals surface area contributed by atoms with Crippen LogP contribution in [0.3, 0.4) is 0 Å². The van der Waals surface area contributed by atoms with Gasteiger partial charge < -0.3 is 20.3 Å². The van der Waals surface area contributed by atoms with Crippen LogP contribution in [0.5, 0.6) is 0 Å². The summed E-state index contributed by atoms with van der Waals surface area (Å²) in [7, 11) is 0. The largest absolute Gasteiger partial charge is 0.450 e. The van der Waals surface area contributed by atoms with Gasteiger partial charge in [-0.1, -0.05) is 0 Å². The molecule has 0 unspecified atom stereocenters. The summed E-state index contributed by atoms with van der Waals surface area (Å²) in [5, 5.41) is 4.15. The Morgan fingerprint density at radius 1 is 1.26 bits per heavy atom. The van der Waals surface area contributed by atoms with Crippen LogP contribution in [0.1, 0.15) is 6.92 Å². The van der Waals surface area contributed by atoms with Gasteiger partial charge in [-0.05, 0) is 13.0 Å². The highest BCUT2D eigenvalue weighted by Crippen LogP contribution is 2.25. The average molecular weight is 317 g/mol. The Morgan fingerprint density at radius 3 is 2.65 bits per heavy atom. The summed E-state index contributed by atoms with van der Waals surface area (Å²) in [5.74, 6) is 1.21. The Morgan fingerprint density at radius 2 is 2.00 bits per heavy atom. The molecule has 1 saturated heterocycles. The number of rotatable bonds is 3. The number of hydrogen-bond donors (Lipinski definition) is 1. The molecule has 0 bridgehead atoms. The zero-order chi connectivity index (χ0) is 16.2. The minimum Gasteiger partial charge on any atom is -0.450 e. The summed E-state index contributed by atoms with van der Waals surface area (Å²) in [6.07, 6.45) is 4.64. The number of piperazine rings is 1. The van der Waals surface area contributed by atoms with Crippen molar-refractivity contribution in [3.8, 4) is 5.82 Å². The van der Waals surface area contributed by atoms with Crippen molar-refractivity contribution in [2.24, 2.45) is 0 Å². The number of nitrogen functional groups attached to an aromatic ring is 1. The molecule has 122 valence electrons. The van der Waals surface area contributed by atoms with Crippen LogP contribution in [-0.2, 0) is 4.74 Å². The van der Waals surface area contributed by atoms with Crippen LogP contribution in [0.25, 0.3) is 5.82 Å². The summed E-state index contributed by atoms with van der Waals surface area (Å²) in [4.78, 5) is 24.0. The van der Waals surface area contributed by atoms with Crippen LogP contribution in [0, 0.1) is 0 Å². The van der Waals surface area contributed by atoms with Gasteiger partial charge in [0.25, 0.3) is 0 Å². The highest BCUT2D eigenvalue weighted by Gasteiger charge is 2.24. The standard InChI is InChI=1S/C14H19N7O2/c1-2-23-14(22)20-8-6-19(7-9-20)12-11(15)13(17-10-16-12)21-5-3-4-18-21/h3-5,10H,2,6-9,15H2,1H3. The molecule has 1 aliphatic rings. The molecule has 9 nitrogen and oxygen atoms in total. The highest BCUT2D eigenvalue weighted by molar-refractivity contribution is 5.71. The van der Waals surface area contributed by atoms with Crippen LogP contribution in [0.15, 0.2) is 24.8 Å². The number of carbonyl (C=O) groups is 1. The quantitative estimate of drug-likeness (QED) is 0.880. The lowest BCUT2D eigenvalue weighted by atomic mass is 10.3. The zero-order valence-corrected chi connectivity index (χ0v) is 12.9. The van der Waals surface area contributed by atoms with Crippen molar-refractivity contribution in [2.75, 3.05) is 43.4 Å². The third-order valence-electron chi connectivity index (χ3n) is 3.67. The molecule has 2 N–H and O–H groups in total. The first-order valence-electron chi connectivity index (χ1n) is 7.48. The van der Waals surface area contributed by atoms with E-state index in [1.807, 2.05) is 4.90 Å². The SMILES string of the molecule is CCOC(=O)N1CCN(c2ncnc(-n3cccn3)c2N)CC1. The van der Waals surface area contributed by atoms with Crippen LogP contribution in [0.2, 0.25) is 0 Å². The van der Waals surface area contributed by atoms with E-state index in [-0.39, 0.29) is 6.09 Å². The van der Waals surface area contributed by atoms with Crippen LogP contribution < -0.4 is 10.6 Å². The molecule has 0 aliphatic carbocycles. The molecule has 1 aliphatic heterocycles. The van der Waals surface area contributed by atoms with Crippen molar-refractivity contribution in [3.05, 3.63) is 24.8 Å². The van der Waals surface area contributed by atoms with Gasteiger partial charge in [0.2, 0.25) is 0 Å². The van der Waals surface area contributed by atoms with E-state index in [0.29, 0.717) is 50.1 Å². The van der Waals surface area contributed by atoms with E-state index in [4.69, 9.17) is 10.5 Å². The molecule has 0 spiro atoms. The molecule has 1 fully saturated rings. The van der Waals surface area contributed by atoms with E-state index in [1.54, 1.807) is 35.0 Å². The van der Waals surface area contributed by atoms with E-state index in [2.05, 4.69) is 15.1 Å². The number of carbonyl (C=O) groups excluding carboxylic acids is 1. The first-order chi connectivity index (χ1) is 11.2. The third-order valence-corrected chi connectivity index (χ3v) is 3.67. The van der Waals surface area contributed by atoms with Gasteiger partial charge in [-0.25, -0.2) is 19.4 Å². The fourth-order valence-electron chi connectivity index (χ4n) is 2.52. The smallest absolute Gasteiger partial charge is 0.409 e. The van der Waals surface area contributed by atoms with Gasteiger partial charge in [0.1, 0.15) is 12.0 Å². The van der Waals surface area contributed by atoms with Crippen molar-refractivity contribution >= 4 is 17.6 Å². The molecule has 1 amide bonds. The van der Waals surface area contributed by atoms with Crippen LogP contribution in [-0.4, -0.2) is 63.5 Å². The maximum absolute atomic E-state index is 11.7. The molecule has 0 saturated carbocycles. The number of nitrogens with zero attached hydrogens (tertiary/aromatic N) is 6. The number of hydrogen-bond acceptors (Lipinski definition) is 7. The van der Waals surface area contributed by atoms with Crippen LogP contribution >= 0.6 is 0 Å². The van der Waals surface area contributed by atoms with E-state index >= 15 is 0 Å². The number of aromatic nitrogens is 4. The molecule has 0 aromatic carbocycles. The van der Waals surface area contributed by atoms with Crippen LogP contribution in [0.4, 0.5) is 16.3 Å². The Bertz CT molecular complexity index is 666. The lowest BCUT2D eigenvalue weighted by molar-refractivity contribution is 0.105. The maximum Gasteiger partial charge on any atom is 0.409 e. The number of nitrogens with two attached hydrogens (primary N) is 1. The Labute approximate surface area is 133 Å². The normalized spacial score (nSPS) is 14.8. The monoisotopic (exact) mass is 317 g/mol. The minimum absolute atomic E-state index is 0.278. The lowest BCUT2D eigenvalue weighted by Gasteiger charge is -2.35. The van der Waals surface area contributed by atoms with E-state index in [1.165, 1.54) is 6.33 Å². The second-order valence-corrected chi connectivity index (χ2v) is 5.06. The predicted octanol–water partition coefficient (Wildman–Crippen LogP) is 0.523. The first kappa shape index (κ1) is 15.1. The summed E-state index contributed by atoms with van der Waals surface area (Å²) < 4.78 is 6.63. The van der Waals surface area contributed by atoms with Gasteiger partial charge >= 0.3 is 6.09 Å². The van der Waals surface area contributed by atoms with Crippen molar-refractivity contribution < 1.29 is 9.53 Å². The van der Waals surface area contributed by atoms with Gasteiger partial charge in [0.15, 0.2) is 11.6 Å². The van der Waals surface area contributed by atoms with E-state index < -0.39 is 0 Å². The highest BCUT2D eigenvalue weighted by atomic mass is 16.6. The molecular formula is C14H19N7O2. The van der Waals surface area contributed by atoms with Crippen molar-refractivity contribution in [1.82, 2.24) is 24.6 Å². The molecule has 0 radical (unpaired) electrons. The molecule has 2 aromatic rings. The zero-order valence-electron chi connectivity index (χ0n) is 12.9. The average Bonchev–Trinajstić information content (AvgIpc) is 3.10. The first-order valence-corrected chi connectivity index (χ1v) is 7.48. The van der Waals surface area contributed by atoms with E-state index in [9.17, 15) is 4.79 Å². The van der Waals surface area contributed by atoms with Crippen molar-refractivity contribution in [3.63, 3.8) is 0 Å². The Balaban J connectivity index is 1.74. The summed E-state index contributed by atoms with van der Waals surface area (Å²) in [6.45, 7) is 4.59. The topological polar surface area (TPSA) is 102 Å². The third kappa shape index (κ3) is 3.03. The molecule has 23 heavy (non-hydrogen) atoms. The van der Waals surface area contributed by atoms with Crippen molar-refractivity contribution in [2.45, 2.75) is 6.92 Å². The second-order valence-electron chi connectivity index (χ2n) is 5.06. The fraction of sp³-hybridized carbons (Fsp3) is 0.429. The van der Waals surface area contributed by atoms with Gasteiger partial charge in [0, 0.05) is 38.6 Å². The summed E-state index contributed by atoms with van der Waals surface area (Å²) in [5.41, 5.74) is 6.69. The molecular weight excluding hydrogens is 298 g/mol. The predicted molar refractivity (Wildman–Crippen MR) is 84.4 cm³/mol. The number of anilines is 2. The van der Waals surface area contributed by atoms with Gasteiger partial charge in [-0.2, -0.15) is 5.10 Å². The lowest BCUT2D eigenvalue weighted by Crippen LogP contribution is -2.49. The van der Waals surface area contributed by atoms with Crippen molar-refractivity contribution in [1.29, 1.82) is 0 Å². The molecule has 3 heterocycles. The molecule has 3 rings (SSSR count). The second kappa shape index (κ2) is 6.51. The summed E-state index contributed by atoms with van der Waals surface area (Å²) >= 11 is 0. The van der Waals surface area contributed by atoms with Gasteiger partial charge in [0.05, 0.1) is 6.61 Å². The van der Waals surface area contributed by atoms with Gasteiger partial charge in [-0.15, -0.1) is 0 Å². The molecule has 9 heteroatoms. The van der Waals surface area contributed by atoms with Gasteiger partial charge in [-0.3, -0.25) is 0 Å². The number of ether oxygens (including phenoxy) is 1. The Kier molecular flexibility index (Phi) is 4.26. The fourth-order valence-corrected chi connectivity index (χ4v) is 2.52. The molecule has 2 aromatic heterocycles. The van der Waals surface area contributed by atoms with E-state index in [0.717, 1.165) is 0 Å². The molecule has 0 atom stereocenters. The minimum atomic E-state index is -0.278.